The Morgan fingerprint density at radius 2 is 1.65 bits per heavy atom. The fourth-order valence-electron chi connectivity index (χ4n) is 3.50. The number of hydrogen-bond donors (Lipinski definition) is 1. The first-order valence-corrected chi connectivity index (χ1v) is 9.07. The molecule has 2 heteroatoms. The predicted molar refractivity (Wildman–Crippen MR) is 88.1 cm³/mol. The third-order valence-electron chi connectivity index (χ3n) is 5.41. The van der Waals surface area contributed by atoms with Crippen LogP contribution in [0.25, 0.3) is 0 Å². The molecule has 2 saturated carbocycles. The topological polar surface area (TPSA) is 15.3 Å². The number of hydrogen-bond acceptors (Lipinski definition) is 2. The number of nitrogens with zero attached hydrogens (tertiary/aromatic N) is 1. The molecule has 0 radical (unpaired) electrons. The van der Waals surface area contributed by atoms with Gasteiger partial charge in [0.25, 0.3) is 0 Å². The van der Waals surface area contributed by atoms with E-state index < -0.39 is 0 Å². The van der Waals surface area contributed by atoms with Crippen LogP contribution in [0.3, 0.4) is 0 Å². The van der Waals surface area contributed by atoms with Crippen LogP contribution < -0.4 is 5.32 Å². The van der Waals surface area contributed by atoms with Crippen molar-refractivity contribution in [3.8, 4) is 0 Å². The molecule has 2 aliphatic rings. The monoisotopic (exact) mass is 280 g/mol. The summed E-state index contributed by atoms with van der Waals surface area (Å²) >= 11 is 0. The largest absolute Gasteiger partial charge is 0.314 e. The second-order valence-electron chi connectivity index (χ2n) is 7.76. The van der Waals surface area contributed by atoms with E-state index in [1.165, 1.54) is 58.0 Å². The zero-order valence-electron chi connectivity index (χ0n) is 14.2. The van der Waals surface area contributed by atoms with Crippen molar-refractivity contribution in [2.45, 2.75) is 90.8 Å². The van der Waals surface area contributed by atoms with E-state index in [4.69, 9.17) is 0 Å². The lowest BCUT2D eigenvalue weighted by molar-refractivity contribution is 0.102. The predicted octanol–water partition coefficient (Wildman–Crippen LogP) is 4.05. The normalized spacial score (nSPS) is 23.7. The maximum atomic E-state index is 3.72. The van der Waals surface area contributed by atoms with Gasteiger partial charge in [0.05, 0.1) is 0 Å². The van der Waals surface area contributed by atoms with Crippen LogP contribution in [-0.2, 0) is 0 Å². The highest BCUT2D eigenvalue weighted by molar-refractivity contribution is 4.86. The molecule has 118 valence electrons. The number of rotatable bonds is 9. The van der Waals surface area contributed by atoms with E-state index in [1.807, 2.05) is 0 Å². The van der Waals surface area contributed by atoms with E-state index in [0.29, 0.717) is 0 Å². The smallest absolute Gasteiger partial charge is 0.0108 e. The first kappa shape index (κ1) is 16.3. The first-order valence-electron chi connectivity index (χ1n) is 9.07. The van der Waals surface area contributed by atoms with Gasteiger partial charge in [-0.3, -0.25) is 4.90 Å². The Kier molecular flexibility index (Phi) is 6.35. The molecule has 20 heavy (non-hydrogen) atoms. The molecule has 2 unspecified atom stereocenters. The van der Waals surface area contributed by atoms with Gasteiger partial charge in [-0.25, -0.2) is 0 Å². The maximum absolute atomic E-state index is 3.72. The average molecular weight is 281 g/mol. The molecule has 0 aliphatic heterocycles. The molecule has 2 atom stereocenters. The highest BCUT2D eigenvalue weighted by atomic mass is 15.2. The van der Waals surface area contributed by atoms with Crippen molar-refractivity contribution in [3.05, 3.63) is 0 Å². The summed E-state index contributed by atoms with van der Waals surface area (Å²) < 4.78 is 0. The molecule has 0 amide bonds. The summed E-state index contributed by atoms with van der Waals surface area (Å²) in [7, 11) is 0. The van der Waals surface area contributed by atoms with Gasteiger partial charge in [0, 0.05) is 18.1 Å². The van der Waals surface area contributed by atoms with Crippen LogP contribution in [0.2, 0.25) is 0 Å². The Labute approximate surface area is 126 Å². The van der Waals surface area contributed by atoms with Crippen molar-refractivity contribution in [1.29, 1.82) is 0 Å². The average Bonchev–Trinajstić information content (AvgIpc) is 3.09. The van der Waals surface area contributed by atoms with E-state index in [2.05, 4.69) is 37.9 Å². The summed E-state index contributed by atoms with van der Waals surface area (Å²) in [5, 5.41) is 3.72. The quantitative estimate of drug-likeness (QED) is 0.685. The van der Waals surface area contributed by atoms with Gasteiger partial charge in [-0.1, -0.05) is 33.6 Å². The molecule has 0 heterocycles. The Morgan fingerprint density at radius 3 is 2.20 bits per heavy atom. The van der Waals surface area contributed by atoms with Crippen LogP contribution in [0, 0.1) is 11.8 Å². The lowest BCUT2D eigenvalue weighted by Crippen LogP contribution is -2.46. The van der Waals surface area contributed by atoms with Crippen molar-refractivity contribution < 1.29 is 0 Å². The minimum absolute atomic E-state index is 0.725. The molecule has 0 saturated heterocycles. The Morgan fingerprint density at radius 1 is 1.00 bits per heavy atom. The fraction of sp³-hybridized carbons (Fsp3) is 1.00. The van der Waals surface area contributed by atoms with Gasteiger partial charge in [-0.05, 0) is 64.0 Å². The molecular formula is C18H36N2. The van der Waals surface area contributed by atoms with Gasteiger partial charge >= 0.3 is 0 Å². The Bertz CT molecular complexity index is 267. The van der Waals surface area contributed by atoms with Gasteiger partial charge in [0.1, 0.15) is 0 Å². The molecule has 2 rings (SSSR count). The van der Waals surface area contributed by atoms with Crippen molar-refractivity contribution in [2.75, 3.05) is 13.1 Å². The molecule has 0 spiro atoms. The molecule has 1 N–H and O–H groups in total. The van der Waals surface area contributed by atoms with Crippen LogP contribution in [0.1, 0.15) is 72.6 Å². The number of nitrogens with one attached hydrogen (secondary N) is 1. The van der Waals surface area contributed by atoms with E-state index >= 15 is 0 Å². The zero-order chi connectivity index (χ0) is 14.5. The van der Waals surface area contributed by atoms with E-state index in [-0.39, 0.29) is 0 Å². The summed E-state index contributed by atoms with van der Waals surface area (Å²) in [5.74, 6) is 1.59. The molecule has 0 aromatic carbocycles. The van der Waals surface area contributed by atoms with Crippen LogP contribution in [0.4, 0.5) is 0 Å². The summed E-state index contributed by atoms with van der Waals surface area (Å²) in [6.45, 7) is 12.1. The van der Waals surface area contributed by atoms with Gasteiger partial charge < -0.3 is 5.32 Å². The van der Waals surface area contributed by atoms with Gasteiger partial charge in [0.2, 0.25) is 0 Å². The van der Waals surface area contributed by atoms with Gasteiger partial charge in [-0.2, -0.15) is 0 Å². The summed E-state index contributed by atoms with van der Waals surface area (Å²) in [6.07, 6.45) is 9.93. The lowest BCUT2D eigenvalue weighted by atomic mass is 9.98. The van der Waals surface area contributed by atoms with Crippen molar-refractivity contribution >= 4 is 0 Å². The Balaban J connectivity index is 1.84. The third kappa shape index (κ3) is 5.04. The highest BCUT2D eigenvalue weighted by Gasteiger charge is 2.30. The zero-order valence-corrected chi connectivity index (χ0v) is 14.2. The molecule has 0 aromatic heterocycles. The molecule has 2 aliphatic carbocycles. The van der Waals surface area contributed by atoms with Crippen molar-refractivity contribution in [2.24, 2.45) is 11.8 Å². The third-order valence-corrected chi connectivity index (χ3v) is 5.41. The maximum Gasteiger partial charge on any atom is 0.0108 e. The van der Waals surface area contributed by atoms with E-state index in [9.17, 15) is 0 Å². The summed E-state index contributed by atoms with van der Waals surface area (Å²) in [5.41, 5.74) is 0. The van der Waals surface area contributed by atoms with E-state index in [1.54, 1.807) is 0 Å². The first-order chi connectivity index (χ1) is 9.58. The van der Waals surface area contributed by atoms with Crippen molar-refractivity contribution in [3.63, 3.8) is 0 Å². The highest BCUT2D eigenvalue weighted by Crippen LogP contribution is 2.28. The van der Waals surface area contributed by atoms with Gasteiger partial charge in [-0.15, -0.1) is 0 Å². The van der Waals surface area contributed by atoms with Crippen LogP contribution in [0.5, 0.6) is 0 Å². The second kappa shape index (κ2) is 7.79. The molecular weight excluding hydrogens is 244 g/mol. The minimum atomic E-state index is 0.725. The van der Waals surface area contributed by atoms with Crippen molar-refractivity contribution in [1.82, 2.24) is 10.2 Å². The molecule has 0 bridgehead atoms. The van der Waals surface area contributed by atoms with Crippen LogP contribution in [0.15, 0.2) is 0 Å². The van der Waals surface area contributed by atoms with Crippen LogP contribution >= 0.6 is 0 Å². The molecule has 2 nitrogen and oxygen atoms in total. The molecule has 2 fully saturated rings. The molecule has 0 aromatic rings. The summed E-state index contributed by atoms with van der Waals surface area (Å²) in [4.78, 5) is 2.85. The SMILES string of the molecule is CC(C)CCN(C1CCCC1)C(C)C(C)CNC1CC1. The fourth-order valence-corrected chi connectivity index (χ4v) is 3.50. The lowest BCUT2D eigenvalue weighted by Gasteiger charge is -2.38. The summed E-state index contributed by atoms with van der Waals surface area (Å²) in [6, 6.07) is 2.44. The minimum Gasteiger partial charge on any atom is -0.314 e. The Hall–Kier alpha value is -0.0800. The second-order valence-corrected chi connectivity index (χ2v) is 7.76. The van der Waals surface area contributed by atoms with Crippen LogP contribution in [-0.4, -0.2) is 36.1 Å². The standard InChI is InChI=1S/C18H36N2/c1-14(2)11-12-20(18-7-5-6-8-18)16(4)15(3)13-19-17-9-10-17/h14-19H,5-13H2,1-4H3. The van der Waals surface area contributed by atoms with Gasteiger partial charge in [0.15, 0.2) is 0 Å². The van der Waals surface area contributed by atoms with E-state index in [0.717, 1.165) is 30.0 Å².